The Bertz CT molecular complexity index is 1360. The van der Waals surface area contributed by atoms with Gasteiger partial charge >= 0.3 is 6.03 Å². The first-order chi connectivity index (χ1) is 20.4. The monoisotopic (exact) mass is 571 g/mol. The van der Waals surface area contributed by atoms with Crippen molar-refractivity contribution in [3.05, 3.63) is 114 Å². The van der Waals surface area contributed by atoms with Crippen molar-refractivity contribution < 1.29 is 29.0 Å². The van der Waals surface area contributed by atoms with Crippen molar-refractivity contribution in [3.63, 3.8) is 0 Å². The molecular weight excluding hydrogens is 534 g/mol. The van der Waals surface area contributed by atoms with Crippen molar-refractivity contribution >= 4 is 11.9 Å². The van der Waals surface area contributed by atoms with Crippen LogP contribution in [0.4, 0.5) is 4.79 Å². The Morgan fingerprint density at radius 3 is 2.24 bits per heavy atom. The minimum Gasteiger partial charge on any atom is -0.489 e. The molecule has 3 aromatic carbocycles. The van der Waals surface area contributed by atoms with Gasteiger partial charge in [0.15, 0.2) is 0 Å². The predicted octanol–water partition coefficient (Wildman–Crippen LogP) is 5.11. The number of benzene rings is 3. The molecule has 3 atom stereocenters. The second-order valence-corrected chi connectivity index (χ2v) is 11.0. The molecule has 2 N–H and O–H groups in total. The molecule has 2 heterocycles. The Kier molecular flexibility index (Phi) is 9.28. The first-order valence-corrected chi connectivity index (χ1v) is 14.2. The van der Waals surface area contributed by atoms with Crippen molar-refractivity contribution in [2.45, 2.75) is 45.5 Å². The van der Waals surface area contributed by atoms with E-state index >= 15 is 0 Å². The molecule has 2 aliphatic rings. The molecule has 0 aliphatic carbocycles. The number of carbonyl (C=O) groups excluding carboxylic acids is 2. The maximum atomic E-state index is 14.1. The summed E-state index contributed by atoms with van der Waals surface area (Å²) in [4.78, 5) is 30.4. The summed E-state index contributed by atoms with van der Waals surface area (Å²) >= 11 is 0. The van der Waals surface area contributed by atoms with E-state index in [2.05, 4.69) is 0 Å². The summed E-state index contributed by atoms with van der Waals surface area (Å²) in [5, 5.41) is 9.60. The third-order valence-corrected chi connectivity index (χ3v) is 7.73. The summed E-state index contributed by atoms with van der Waals surface area (Å²) in [6.45, 7) is 5.02. The third-order valence-electron chi connectivity index (χ3n) is 7.73. The summed E-state index contributed by atoms with van der Waals surface area (Å²) < 4.78 is 17.2. The molecule has 3 unspecified atom stereocenters. The second kappa shape index (κ2) is 13.4. The van der Waals surface area contributed by atoms with Gasteiger partial charge in [0.05, 0.1) is 6.04 Å². The topological polar surface area (TPSA) is 101 Å². The van der Waals surface area contributed by atoms with Crippen molar-refractivity contribution in [1.82, 2.24) is 15.3 Å². The number of urea groups is 1. The van der Waals surface area contributed by atoms with Crippen LogP contribution in [0.1, 0.15) is 30.5 Å². The zero-order chi connectivity index (χ0) is 29.5. The van der Waals surface area contributed by atoms with Crippen LogP contribution in [0.2, 0.25) is 0 Å². The van der Waals surface area contributed by atoms with Gasteiger partial charge in [-0.15, -0.1) is 0 Å². The van der Waals surface area contributed by atoms with Gasteiger partial charge in [-0.3, -0.25) is 10.0 Å². The van der Waals surface area contributed by atoms with E-state index in [4.69, 9.17) is 14.2 Å². The van der Waals surface area contributed by atoms with Crippen LogP contribution >= 0.6 is 0 Å². The molecule has 0 bridgehead atoms. The first-order valence-electron chi connectivity index (χ1n) is 14.2. The lowest BCUT2D eigenvalue weighted by molar-refractivity contribution is -0.136. The van der Waals surface area contributed by atoms with Crippen molar-refractivity contribution in [2.24, 2.45) is 11.8 Å². The Hall–Kier alpha value is -4.50. The highest BCUT2D eigenvalue weighted by molar-refractivity contribution is 5.88. The number of hydrogen-bond acceptors (Lipinski definition) is 6. The van der Waals surface area contributed by atoms with Gasteiger partial charge in [0.25, 0.3) is 5.91 Å². The molecule has 0 radical (unpaired) electrons. The van der Waals surface area contributed by atoms with Crippen molar-refractivity contribution in [3.8, 4) is 5.75 Å². The molecule has 1 saturated heterocycles. The van der Waals surface area contributed by atoms with Gasteiger partial charge in [0.2, 0.25) is 6.79 Å². The molecule has 3 amide bonds. The summed E-state index contributed by atoms with van der Waals surface area (Å²) in [5.41, 5.74) is 4.87. The van der Waals surface area contributed by atoms with Gasteiger partial charge in [0.1, 0.15) is 30.4 Å². The number of amides is 3. The highest BCUT2D eigenvalue weighted by Gasteiger charge is 2.49. The predicted molar refractivity (Wildman–Crippen MR) is 156 cm³/mol. The van der Waals surface area contributed by atoms with Crippen molar-refractivity contribution in [2.75, 3.05) is 13.3 Å². The van der Waals surface area contributed by atoms with Crippen LogP contribution in [-0.4, -0.2) is 52.4 Å². The third kappa shape index (κ3) is 6.69. The quantitative estimate of drug-likeness (QED) is 0.232. The maximum absolute atomic E-state index is 14.1. The summed E-state index contributed by atoms with van der Waals surface area (Å²) in [6, 6.07) is 26.0. The fraction of sp³-hybridized carbons (Fsp3) is 0.333. The molecule has 0 saturated carbocycles. The van der Waals surface area contributed by atoms with E-state index in [9.17, 15) is 14.8 Å². The van der Waals surface area contributed by atoms with Gasteiger partial charge < -0.3 is 24.0 Å². The largest absolute Gasteiger partial charge is 0.489 e. The molecule has 42 heavy (non-hydrogen) atoms. The minimum atomic E-state index is -0.882. The molecule has 5 rings (SSSR count). The van der Waals surface area contributed by atoms with Crippen LogP contribution in [0.3, 0.4) is 0 Å². The molecule has 220 valence electrons. The number of ether oxygens (including phenoxy) is 3. The average molecular weight is 572 g/mol. The Balaban J connectivity index is 1.39. The van der Waals surface area contributed by atoms with Gasteiger partial charge in [-0.1, -0.05) is 86.6 Å². The Morgan fingerprint density at radius 1 is 0.976 bits per heavy atom. The molecule has 3 aromatic rings. The van der Waals surface area contributed by atoms with Crippen molar-refractivity contribution in [1.29, 1.82) is 0 Å². The van der Waals surface area contributed by atoms with Crippen LogP contribution in [0.15, 0.2) is 97.0 Å². The van der Waals surface area contributed by atoms with E-state index in [0.29, 0.717) is 31.9 Å². The van der Waals surface area contributed by atoms with Crippen LogP contribution in [0.5, 0.6) is 5.75 Å². The van der Waals surface area contributed by atoms with E-state index < -0.39 is 18.0 Å². The standard InChI is InChI=1S/C33H37N3O6/c1-23(2)31(32(37)34-39)36-29(28(30-21-40-22-42-30)17-24-9-5-3-6-10-24)19-35(33(36)38)18-25-13-15-27(16-14-25)41-20-26-11-7-4-8-12-26/h3-16,21,23,28-29,31,39H,17-20,22H2,1-2H3,(H,34,37). The molecule has 9 nitrogen and oxygen atoms in total. The summed E-state index contributed by atoms with van der Waals surface area (Å²) in [5.74, 6) is 0.223. The minimum absolute atomic E-state index is 0.106. The summed E-state index contributed by atoms with van der Waals surface area (Å²) in [7, 11) is 0. The van der Waals surface area contributed by atoms with Gasteiger partial charge in [-0.05, 0) is 41.2 Å². The van der Waals surface area contributed by atoms with E-state index in [1.54, 1.807) is 21.5 Å². The molecule has 0 spiro atoms. The van der Waals surface area contributed by atoms with Crippen LogP contribution in [0.25, 0.3) is 0 Å². The zero-order valence-corrected chi connectivity index (χ0v) is 23.9. The number of carbonyl (C=O) groups is 2. The number of hydroxylamine groups is 1. The maximum Gasteiger partial charge on any atom is 0.321 e. The van der Waals surface area contributed by atoms with Crippen LogP contribution in [0, 0.1) is 11.8 Å². The van der Waals surface area contributed by atoms with Crippen LogP contribution < -0.4 is 10.2 Å². The molecule has 9 heteroatoms. The lowest BCUT2D eigenvalue weighted by Gasteiger charge is -2.36. The number of nitrogens with zero attached hydrogens (tertiary/aromatic N) is 2. The molecular formula is C33H37N3O6. The highest BCUT2D eigenvalue weighted by atomic mass is 16.7. The molecule has 1 fully saturated rings. The van der Waals surface area contributed by atoms with E-state index in [-0.39, 0.29) is 24.7 Å². The Labute approximate surface area is 246 Å². The second-order valence-electron chi connectivity index (χ2n) is 11.0. The lowest BCUT2D eigenvalue weighted by Crippen LogP contribution is -2.55. The number of hydrogen-bond donors (Lipinski definition) is 2. The number of rotatable bonds is 12. The van der Waals surface area contributed by atoms with E-state index in [1.807, 2.05) is 98.8 Å². The lowest BCUT2D eigenvalue weighted by atomic mass is 9.88. The normalized spacial score (nSPS) is 17.9. The molecule has 0 aromatic heterocycles. The van der Waals surface area contributed by atoms with Gasteiger partial charge in [-0.25, -0.2) is 10.3 Å². The van der Waals surface area contributed by atoms with E-state index in [0.717, 1.165) is 22.4 Å². The zero-order valence-electron chi connectivity index (χ0n) is 23.9. The fourth-order valence-electron chi connectivity index (χ4n) is 5.69. The SMILES string of the molecule is CC(C)C(C(=O)NO)N1C(=O)N(Cc2ccc(OCc3ccccc3)cc2)CC1C(Cc1ccccc1)C1=COCO1. The van der Waals surface area contributed by atoms with Crippen LogP contribution in [-0.2, 0) is 33.8 Å². The van der Waals surface area contributed by atoms with Gasteiger partial charge in [0, 0.05) is 19.0 Å². The fourth-order valence-corrected chi connectivity index (χ4v) is 5.69. The first kappa shape index (κ1) is 29.0. The number of nitrogens with one attached hydrogen (secondary N) is 1. The summed E-state index contributed by atoms with van der Waals surface area (Å²) in [6.07, 6.45) is 2.18. The average Bonchev–Trinajstić information content (AvgIpc) is 3.66. The highest BCUT2D eigenvalue weighted by Crippen LogP contribution is 2.35. The smallest absolute Gasteiger partial charge is 0.321 e. The van der Waals surface area contributed by atoms with Gasteiger partial charge in [-0.2, -0.15) is 0 Å². The van der Waals surface area contributed by atoms with E-state index in [1.165, 1.54) is 0 Å². The Morgan fingerprint density at radius 2 is 1.64 bits per heavy atom. The molecule has 2 aliphatic heterocycles.